The zero-order valence-corrected chi connectivity index (χ0v) is 17.2. The number of carbonyl (C=O) groups excluding carboxylic acids is 1. The summed E-state index contributed by atoms with van der Waals surface area (Å²) in [5, 5.41) is 4.77. The molecule has 0 saturated carbocycles. The summed E-state index contributed by atoms with van der Waals surface area (Å²) in [6.45, 7) is 2.76. The van der Waals surface area contributed by atoms with E-state index in [2.05, 4.69) is 9.88 Å². The monoisotopic (exact) mass is 402 g/mol. The van der Waals surface area contributed by atoms with Crippen LogP contribution in [0.25, 0.3) is 11.3 Å². The Labute approximate surface area is 176 Å². The van der Waals surface area contributed by atoms with E-state index in [0.29, 0.717) is 0 Å². The molecule has 7 heteroatoms. The molecule has 154 valence electrons. The van der Waals surface area contributed by atoms with Crippen LogP contribution in [0.3, 0.4) is 0 Å². The van der Waals surface area contributed by atoms with Crippen LogP contribution in [0.5, 0.6) is 0 Å². The van der Waals surface area contributed by atoms with Gasteiger partial charge in [-0.3, -0.25) is 9.48 Å². The average molecular weight is 403 g/mol. The van der Waals surface area contributed by atoms with Crippen molar-refractivity contribution < 1.29 is 4.79 Å². The van der Waals surface area contributed by atoms with Crippen molar-refractivity contribution in [3.63, 3.8) is 0 Å². The third-order valence-corrected chi connectivity index (χ3v) is 6.02. The summed E-state index contributed by atoms with van der Waals surface area (Å²) in [5.74, 6) is 0.846. The van der Waals surface area contributed by atoms with Crippen LogP contribution in [0.1, 0.15) is 47.8 Å². The molecular formula is C23H26N6O. The number of hydrogen-bond acceptors (Lipinski definition) is 5. The topological polar surface area (TPSA) is 67.2 Å². The first-order chi connectivity index (χ1) is 14.7. The Kier molecular flexibility index (Phi) is 4.94. The van der Waals surface area contributed by atoms with E-state index in [0.717, 1.165) is 60.9 Å². The molecule has 2 aliphatic heterocycles. The lowest BCUT2D eigenvalue weighted by atomic mass is 10.0. The lowest BCUT2D eigenvalue weighted by molar-refractivity contribution is 0.0733. The molecule has 0 aliphatic carbocycles. The molecule has 30 heavy (non-hydrogen) atoms. The molecule has 0 unspecified atom stereocenters. The SMILES string of the molecule is Cn1cc(-c2ccnc(N3CCCC3)n2)c([C@@H]2CCCN2C(=O)c2ccccc2)n1. The van der Waals surface area contributed by atoms with Gasteiger partial charge in [0.25, 0.3) is 5.91 Å². The molecule has 1 amide bonds. The first-order valence-corrected chi connectivity index (χ1v) is 10.7. The fourth-order valence-electron chi connectivity index (χ4n) is 4.56. The van der Waals surface area contributed by atoms with Crippen molar-refractivity contribution >= 4 is 11.9 Å². The van der Waals surface area contributed by atoms with Crippen molar-refractivity contribution in [2.75, 3.05) is 24.5 Å². The number of benzene rings is 1. The molecule has 0 radical (unpaired) electrons. The van der Waals surface area contributed by atoms with Gasteiger partial charge in [0.05, 0.1) is 17.4 Å². The molecular weight excluding hydrogens is 376 g/mol. The van der Waals surface area contributed by atoms with E-state index in [-0.39, 0.29) is 11.9 Å². The van der Waals surface area contributed by atoms with E-state index >= 15 is 0 Å². The second-order valence-electron chi connectivity index (χ2n) is 8.06. The van der Waals surface area contributed by atoms with Crippen molar-refractivity contribution in [2.24, 2.45) is 7.05 Å². The van der Waals surface area contributed by atoms with Crippen LogP contribution in [0.15, 0.2) is 48.8 Å². The molecule has 1 atom stereocenters. The van der Waals surface area contributed by atoms with Crippen LogP contribution >= 0.6 is 0 Å². The molecule has 0 N–H and O–H groups in total. The van der Waals surface area contributed by atoms with Gasteiger partial charge in [0, 0.05) is 50.2 Å². The molecule has 2 aromatic heterocycles. The molecule has 3 aromatic rings. The zero-order chi connectivity index (χ0) is 20.5. The number of carbonyl (C=O) groups is 1. The van der Waals surface area contributed by atoms with Gasteiger partial charge in [-0.2, -0.15) is 5.10 Å². The molecule has 2 saturated heterocycles. The smallest absolute Gasteiger partial charge is 0.254 e. The molecule has 2 fully saturated rings. The van der Waals surface area contributed by atoms with Crippen LogP contribution in [-0.4, -0.2) is 50.2 Å². The normalized spacial score (nSPS) is 18.9. The van der Waals surface area contributed by atoms with Crippen molar-refractivity contribution in [3.8, 4) is 11.3 Å². The number of rotatable bonds is 4. The van der Waals surface area contributed by atoms with Gasteiger partial charge in [-0.15, -0.1) is 0 Å². The highest BCUT2D eigenvalue weighted by molar-refractivity contribution is 5.94. The summed E-state index contributed by atoms with van der Waals surface area (Å²) in [4.78, 5) is 26.7. The minimum absolute atomic E-state index is 0.0425. The number of hydrogen-bond donors (Lipinski definition) is 0. The van der Waals surface area contributed by atoms with Gasteiger partial charge in [0.15, 0.2) is 0 Å². The highest BCUT2D eigenvalue weighted by Crippen LogP contribution is 2.37. The molecule has 2 aliphatic rings. The van der Waals surface area contributed by atoms with Gasteiger partial charge in [-0.25, -0.2) is 9.97 Å². The Hall–Kier alpha value is -3.22. The fraction of sp³-hybridized carbons (Fsp3) is 0.391. The number of aromatic nitrogens is 4. The maximum Gasteiger partial charge on any atom is 0.254 e. The molecule has 0 bridgehead atoms. The van der Waals surface area contributed by atoms with Crippen molar-refractivity contribution in [2.45, 2.75) is 31.7 Å². The summed E-state index contributed by atoms with van der Waals surface area (Å²) in [7, 11) is 1.92. The second kappa shape index (κ2) is 7.89. The Morgan fingerprint density at radius 3 is 2.63 bits per heavy atom. The van der Waals surface area contributed by atoms with Gasteiger partial charge in [0.1, 0.15) is 0 Å². The number of amides is 1. The van der Waals surface area contributed by atoms with E-state index in [1.54, 1.807) is 0 Å². The number of anilines is 1. The maximum atomic E-state index is 13.2. The third kappa shape index (κ3) is 3.44. The fourth-order valence-corrected chi connectivity index (χ4v) is 4.56. The summed E-state index contributed by atoms with van der Waals surface area (Å²) in [5.41, 5.74) is 3.50. The Balaban J connectivity index is 1.49. The van der Waals surface area contributed by atoms with E-state index < -0.39 is 0 Å². The first kappa shape index (κ1) is 18.8. The van der Waals surface area contributed by atoms with Crippen molar-refractivity contribution in [3.05, 3.63) is 60.0 Å². The van der Waals surface area contributed by atoms with Crippen molar-refractivity contribution in [1.29, 1.82) is 0 Å². The predicted octanol–water partition coefficient (Wildman–Crippen LogP) is 3.45. The van der Waals surface area contributed by atoms with E-state index in [1.807, 2.05) is 65.4 Å². The molecule has 1 aromatic carbocycles. The lowest BCUT2D eigenvalue weighted by Crippen LogP contribution is -2.31. The Morgan fingerprint density at radius 2 is 1.83 bits per heavy atom. The van der Waals surface area contributed by atoms with Crippen LogP contribution in [-0.2, 0) is 7.05 Å². The highest BCUT2D eigenvalue weighted by atomic mass is 16.2. The summed E-state index contributed by atoms with van der Waals surface area (Å²) >= 11 is 0. The minimum atomic E-state index is -0.0425. The quantitative estimate of drug-likeness (QED) is 0.669. The van der Waals surface area contributed by atoms with Gasteiger partial charge in [-0.1, -0.05) is 18.2 Å². The minimum Gasteiger partial charge on any atom is -0.341 e. The maximum absolute atomic E-state index is 13.2. The van der Waals surface area contributed by atoms with E-state index in [4.69, 9.17) is 10.1 Å². The van der Waals surface area contributed by atoms with Gasteiger partial charge >= 0.3 is 0 Å². The van der Waals surface area contributed by atoms with Crippen molar-refractivity contribution in [1.82, 2.24) is 24.6 Å². The molecule has 0 spiro atoms. The Morgan fingerprint density at radius 1 is 1.03 bits per heavy atom. The van der Waals surface area contributed by atoms with E-state index in [9.17, 15) is 4.79 Å². The zero-order valence-electron chi connectivity index (χ0n) is 17.2. The first-order valence-electron chi connectivity index (χ1n) is 10.7. The average Bonchev–Trinajstić information content (AvgIpc) is 3.54. The predicted molar refractivity (Wildman–Crippen MR) is 115 cm³/mol. The second-order valence-corrected chi connectivity index (χ2v) is 8.06. The van der Waals surface area contributed by atoms with E-state index in [1.165, 1.54) is 12.8 Å². The van der Waals surface area contributed by atoms with Crippen LogP contribution in [0.2, 0.25) is 0 Å². The molecule has 4 heterocycles. The standard InChI is InChI=1S/C23H26N6O/c1-27-16-18(19-11-12-24-23(25-19)28-13-5-6-14-28)21(26-27)20-10-7-15-29(20)22(30)17-8-3-2-4-9-17/h2-4,8-9,11-12,16,20H,5-7,10,13-15H2,1H3/t20-/m0/s1. The lowest BCUT2D eigenvalue weighted by Gasteiger charge is -2.24. The third-order valence-electron chi connectivity index (χ3n) is 6.02. The Bertz CT molecular complexity index is 1040. The van der Waals surface area contributed by atoms with Crippen LogP contribution in [0, 0.1) is 0 Å². The summed E-state index contributed by atoms with van der Waals surface area (Å²) in [6.07, 6.45) is 8.09. The number of nitrogens with zero attached hydrogens (tertiary/aromatic N) is 6. The van der Waals surface area contributed by atoms with Crippen LogP contribution < -0.4 is 4.90 Å². The largest absolute Gasteiger partial charge is 0.341 e. The summed E-state index contributed by atoms with van der Waals surface area (Å²) < 4.78 is 1.83. The number of likely N-dealkylation sites (tertiary alicyclic amines) is 1. The van der Waals surface area contributed by atoms with Gasteiger partial charge in [-0.05, 0) is 43.9 Å². The molecule has 5 rings (SSSR count). The number of aryl methyl sites for hydroxylation is 1. The molecule has 7 nitrogen and oxygen atoms in total. The van der Waals surface area contributed by atoms with Gasteiger partial charge < -0.3 is 9.80 Å². The highest BCUT2D eigenvalue weighted by Gasteiger charge is 2.34. The van der Waals surface area contributed by atoms with Crippen LogP contribution in [0.4, 0.5) is 5.95 Å². The summed E-state index contributed by atoms with van der Waals surface area (Å²) in [6, 6.07) is 11.4. The van der Waals surface area contributed by atoms with Gasteiger partial charge in [0.2, 0.25) is 5.95 Å².